The lowest BCUT2D eigenvalue weighted by molar-refractivity contribution is -0.146. The number of nitrogens with one attached hydrogen (secondary N) is 1. The highest BCUT2D eigenvalue weighted by molar-refractivity contribution is 5.85. The number of carbonyl (C=O) groups is 2. The molecule has 0 aromatic carbocycles. The number of aryl methyl sites for hydroxylation is 1. The van der Waals surface area contributed by atoms with Crippen molar-refractivity contribution in [3.8, 4) is 0 Å². The highest BCUT2D eigenvalue weighted by atomic mass is 16.4. The Bertz CT molecular complexity index is 469. The molecule has 1 heterocycles. The van der Waals surface area contributed by atoms with E-state index in [4.69, 9.17) is 5.11 Å². The van der Waals surface area contributed by atoms with Gasteiger partial charge in [-0.3, -0.25) is 4.98 Å². The fraction of sp³-hybridized carbons (Fsp3) is 0.462. The smallest absolute Gasteiger partial charge is 0.329 e. The molecule has 1 aromatic heterocycles. The Morgan fingerprint density at radius 1 is 1.42 bits per heavy atom. The molecule has 0 unspecified atom stereocenters. The molecule has 6 heteroatoms. The van der Waals surface area contributed by atoms with Crippen LogP contribution in [0.1, 0.15) is 25.1 Å². The number of rotatable bonds is 4. The molecule has 1 aromatic rings. The minimum absolute atomic E-state index is 0.312. The fourth-order valence-corrected chi connectivity index (χ4v) is 1.30. The summed E-state index contributed by atoms with van der Waals surface area (Å²) in [6, 6.07) is 3.28. The minimum atomic E-state index is -1.25. The second-order valence-electron chi connectivity index (χ2n) is 4.89. The third-order valence-corrected chi connectivity index (χ3v) is 3.08. The van der Waals surface area contributed by atoms with Gasteiger partial charge in [0.2, 0.25) is 0 Å². The van der Waals surface area contributed by atoms with Crippen molar-refractivity contribution in [3.05, 3.63) is 29.6 Å². The van der Waals surface area contributed by atoms with Crippen molar-refractivity contribution in [2.24, 2.45) is 0 Å². The van der Waals surface area contributed by atoms with Gasteiger partial charge in [-0.25, -0.2) is 9.59 Å². The van der Waals surface area contributed by atoms with Crippen LogP contribution in [0.3, 0.4) is 0 Å². The number of pyridine rings is 1. The van der Waals surface area contributed by atoms with Crippen LogP contribution >= 0.6 is 0 Å². The molecule has 6 nitrogen and oxygen atoms in total. The Labute approximate surface area is 112 Å². The second kappa shape index (κ2) is 5.69. The summed E-state index contributed by atoms with van der Waals surface area (Å²) in [5.74, 6) is -1.05. The lowest BCUT2D eigenvalue weighted by atomic mass is 10.1. The van der Waals surface area contributed by atoms with Crippen LogP contribution in [0.15, 0.2) is 18.3 Å². The van der Waals surface area contributed by atoms with Gasteiger partial charge in [0.25, 0.3) is 0 Å². The van der Waals surface area contributed by atoms with Crippen molar-refractivity contribution in [3.63, 3.8) is 0 Å². The molecular formula is C13H19N3O3. The van der Waals surface area contributed by atoms with Crippen LogP contribution in [0.2, 0.25) is 0 Å². The highest BCUT2D eigenvalue weighted by Gasteiger charge is 2.35. The molecule has 0 aliphatic rings. The van der Waals surface area contributed by atoms with Crippen LogP contribution in [0.25, 0.3) is 0 Å². The Balaban J connectivity index is 2.61. The number of amides is 2. The van der Waals surface area contributed by atoms with Gasteiger partial charge in [-0.05, 0) is 32.4 Å². The molecule has 0 aliphatic carbocycles. The molecule has 0 bridgehead atoms. The largest absolute Gasteiger partial charge is 0.480 e. The maximum Gasteiger partial charge on any atom is 0.329 e. The van der Waals surface area contributed by atoms with Gasteiger partial charge in [-0.15, -0.1) is 0 Å². The topological polar surface area (TPSA) is 82.5 Å². The van der Waals surface area contributed by atoms with Gasteiger partial charge in [0.15, 0.2) is 0 Å². The van der Waals surface area contributed by atoms with Crippen LogP contribution < -0.4 is 5.32 Å². The maximum atomic E-state index is 11.9. The minimum Gasteiger partial charge on any atom is -0.480 e. The molecule has 1 rings (SSSR count). The lowest BCUT2D eigenvalue weighted by Gasteiger charge is -2.31. The number of urea groups is 1. The highest BCUT2D eigenvalue weighted by Crippen LogP contribution is 2.12. The molecule has 0 saturated carbocycles. The summed E-state index contributed by atoms with van der Waals surface area (Å²) < 4.78 is 0. The number of likely N-dealkylation sites (N-methyl/N-ethyl adjacent to an activating group) is 1. The van der Waals surface area contributed by atoms with Crippen LogP contribution in [-0.4, -0.2) is 39.6 Å². The first kappa shape index (κ1) is 14.9. The van der Waals surface area contributed by atoms with Gasteiger partial charge in [0, 0.05) is 25.5 Å². The Morgan fingerprint density at radius 2 is 2.05 bits per heavy atom. The van der Waals surface area contributed by atoms with E-state index in [1.165, 1.54) is 20.9 Å². The van der Waals surface area contributed by atoms with Gasteiger partial charge in [0.1, 0.15) is 5.54 Å². The van der Waals surface area contributed by atoms with E-state index in [0.717, 1.165) is 16.2 Å². The third-order valence-electron chi connectivity index (χ3n) is 3.08. The van der Waals surface area contributed by atoms with Gasteiger partial charge >= 0.3 is 12.0 Å². The molecule has 2 amide bonds. The van der Waals surface area contributed by atoms with E-state index in [0.29, 0.717) is 6.54 Å². The molecule has 0 radical (unpaired) electrons. The summed E-state index contributed by atoms with van der Waals surface area (Å²) in [6.07, 6.45) is 1.68. The molecule has 0 spiro atoms. The zero-order chi connectivity index (χ0) is 14.6. The predicted octanol–water partition coefficient (Wildman–Crippen LogP) is 1.39. The van der Waals surface area contributed by atoms with Crippen molar-refractivity contribution in [2.75, 3.05) is 7.05 Å². The standard InChI is InChI=1S/C13H19N3O3/c1-9-5-6-10(7-14-9)8-15-12(19)16(4)13(2,3)11(17)18/h5-7H,8H2,1-4H3,(H,15,19)(H,17,18). The molecular weight excluding hydrogens is 246 g/mol. The molecule has 0 saturated heterocycles. The number of hydrogen-bond donors (Lipinski definition) is 2. The summed E-state index contributed by atoms with van der Waals surface area (Å²) >= 11 is 0. The van der Waals surface area contributed by atoms with E-state index < -0.39 is 17.5 Å². The molecule has 0 aliphatic heterocycles. The van der Waals surface area contributed by atoms with Crippen molar-refractivity contribution in [1.29, 1.82) is 0 Å². The monoisotopic (exact) mass is 265 g/mol. The van der Waals surface area contributed by atoms with E-state index in [1.54, 1.807) is 6.20 Å². The van der Waals surface area contributed by atoms with Crippen LogP contribution in [0.4, 0.5) is 4.79 Å². The Hall–Kier alpha value is -2.11. The van der Waals surface area contributed by atoms with Crippen molar-refractivity contribution >= 4 is 12.0 Å². The van der Waals surface area contributed by atoms with E-state index in [1.807, 2.05) is 19.1 Å². The number of carbonyl (C=O) groups excluding carboxylic acids is 1. The first-order valence-electron chi connectivity index (χ1n) is 5.91. The number of nitrogens with zero attached hydrogens (tertiary/aromatic N) is 2. The SMILES string of the molecule is Cc1ccc(CNC(=O)N(C)C(C)(C)C(=O)O)cn1. The van der Waals surface area contributed by atoms with E-state index in [9.17, 15) is 9.59 Å². The van der Waals surface area contributed by atoms with Gasteiger partial charge in [0.05, 0.1) is 0 Å². The van der Waals surface area contributed by atoms with Crippen LogP contribution in [0.5, 0.6) is 0 Å². The zero-order valence-electron chi connectivity index (χ0n) is 11.6. The predicted molar refractivity (Wildman–Crippen MR) is 70.7 cm³/mol. The summed E-state index contributed by atoms with van der Waals surface area (Å²) in [6.45, 7) is 5.14. The Kier molecular flexibility index (Phi) is 4.47. The van der Waals surface area contributed by atoms with Gasteiger partial charge < -0.3 is 15.3 Å². The summed E-state index contributed by atoms with van der Waals surface area (Å²) in [4.78, 5) is 28.2. The first-order chi connectivity index (χ1) is 8.75. The van der Waals surface area contributed by atoms with Crippen molar-refractivity contribution in [2.45, 2.75) is 32.9 Å². The lowest BCUT2D eigenvalue weighted by Crippen LogP contribution is -2.53. The summed E-state index contributed by atoms with van der Waals surface area (Å²) in [7, 11) is 1.46. The molecule has 19 heavy (non-hydrogen) atoms. The summed E-state index contributed by atoms with van der Waals surface area (Å²) in [5, 5.41) is 11.7. The fourth-order valence-electron chi connectivity index (χ4n) is 1.30. The molecule has 0 atom stereocenters. The number of carboxylic acids is 1. The zero-order valence-corrected chi connectivity index (χ0v) is 11.6. The number of carboxylic acid groups (broad SMARTS) is 1. The quantitative estimate of drug-likeness (QED) is 0.862. The number of hydrogen-bond acceptors (Lipinski definition) is 3. The number of aliphatic carboxylic acids is 1. The Morgan fingerprint density at radius 3 is 2.53 bits per heavy atom. The molecule has 0 fully saturated rings. The van der Waals surface area contributed by atoms with Crippen LogP contribution in [0, 0.1) is 6.92 Å². The second-order valence-corrected chi connectivity index (χ2v) is 4.89. The van der Waals surface area contributed by atoms with Crippen molar-refractivity contribution < 1.29 is 14.7 Å². The van der Waals surface area contributed by atoms with Crippen molar-refractivity contribution in [1.82, 2.24) is 15.2 Å². The van der Waals surface area contributed by atoms with E-state index >= 15 is 0 Å². The van der Waals surface area contributed by atoms with Crippen LogP contribution in [-0.2, 0) is 11.3 Å². The normalized spacial score (nSPS) is 10.9. The first-order valence-corrected chi connectivity index (χ1v) is 5.91. The molecule has 104 valence electrons. The average Bonchev–Trinajstić information content (AvgIpc) is 2.36. The average molecular weight is 265 g/mol. The summed E-state index contributed by atoms with van der Waals surface area (Å²) in [5.41, 5.74) is 0.509. The maximum absolute atomic E-state index is 11.9. The van der Waals surface area contributed by atoms with Gasteiger partial charge in [-0.2, -0.15) is 0 Å². The molecule has 2 N–H and O–H groups in total. The van der Waals surface area contributed by atoms with E-state index in [2.05, 4.69) is 10.3 Å². The number of aromatic nitrogens is 1. The third kappa shape index (κ3) is 3.67. The van der Waals surface area contributed by atoms with E-state index in [-0.39, 0.29) is 0 Å². The van der Waals surface area contributed by atoms with Gasteiger partial charge in [-0.1, -0.05) is 6.07 Å².